The van der Waals surface area contributed by atoms with Gasteiger partial charge in [-0.25, -0.2) is 0 Å². The number of hydrogen-bond acceptors (Lipinski definition) is 7. The fourth-order valence-corrected chi connectivity index (χ4v) is 3.84. The molecule has 0 spiro atoms. The van der Waals surface area contributed by atoms with Gasteiger partial charge < -0.3 is 28.6 Å². The van der Waals surface area contributed by atoms with Crippen LogP contribution in [0.3, 0.4) is 0 Å². The van der Waals surface area contributed by atoms with E-state index in [4.69, 9.17) is 23.7 Å². The van der Waals surface area contributed by atoms with Crippen molar-refractivity contribution in [2.75, 3.05) is 40.4 Å². The zero-order valence-electron chi connectivity index (χ0n) is 18.1. The average Bonchev–Trinajstić information content (AvgIpc) is 2.79. The van der Waals surface area contributed by atoms with Gasteiger partial charge in [-0.1, -0.05) is 0 Å². The molecule has 31 heavy (non-hydrogen) atoms. The van der Waals surface area contributed by atoms with Crippen LogP contribution in [-0.4, -0.2) is 40.5 Å². The number of hydrogen-bond donors (Lipinski definition) is 0. The van der Waals surface area contributed by atoms with Crippen LogP contribution >= 0.6 is 12.4 Å². The van der Waals surface area contributed by atoms with Gasteiger partial charge in [-0.05, 0) is 41.5 Å². The van der Waals surface area contributed by atoms with E-state index in [0.717, 1.165) is 27.7 Å². The maximum absolute atomic E-state index is 5.59. The van der Waals surface area contributed by atoms with Crippen molar-refractivity contribution >= 4 is 35.1 Å². The van der Waals surface area contributed by atoms with Crippen molar-refractivity contribution in [3.05, 3.63) is 47.8 Å². The molecule has 0 saturated carbocycles. The monoisotopic (exact) mass is 444 g/mol. The molecule has 0 amide bonds. The summed E-state index contributed by atoms with van der Waals surface area (Å²) in [5, 5.41) is 1.02. The lowest BCUT2D eigenvalue weighted by Gasteiger charge is -2.27. The zero-order valence-corrected chi connectivity index (χ0v) is 18.9. The van der Waals surface area contributed by atoms with E-state index in [-0.39, 0.29) is 12.4 Å². The molecule has 0 radical (unpaired) electrons. The second-order valence-electron chi connectivity index (χ2n) is 6.73. The summed E-state index contributed by atoms with van der Waals surface area (Å²) in [4.78, 5) is 6.72. The van der Waals surface area contributed by atoms with Gasteiger partial charge in [0.25, 0.3) is 0 Å². The van der Waals surface area contributed by atoms with Crippen LogP contribution in [0.25, 0.3) is 17.0 Å². The second-order valence-corrected chi connectivity index (χ2v) is 6.73. The summed E-state index contributed by atoms with van der Waals surface area (Å²) < 4.78 is 27.5. The lowest BCUT2D eigenvalue weighted by molar-refractivity contribution is 0.324. The Balaban J connectivity index is 0.00000272. The smallest absolute Gasteiger partial charge is 0.203 e. The maximum Gasteiger partial charge on any atom is 0.203 e. The third-order valence-corrected chi connectivity index (χ3v) is 5.19. The van der Waals surface area contributed by atoms with E-state index in [9.17, 15) is 0 Å². The minimum absolute atomic E-state index is 0. The summed E-state index contributed by atoms with van der Waals surface area (Å²) in [5.74, 6) is 3.11. The summed E-state index contributed by atoms with van der Waals surface area (Å²) >= 11 is 0. The molecule has 3 aromatic rings. The van der Waals surface area contributed by atoms with Gasteiger partial charge in [0.15, 0.2) is 23.0 Å². The van der Waals surface area contributed by atoms with Crippen molar-refractivity contribution in [1.29, 1.82) is 0 Å². The quantitative estimate of drug-likeness (QED) is 0.523. The highest BCUT2D eigenvalue weighted by atomic mass is 35.5. The van der Waals surface area contributed by atoms with E-state index in [1.54, 1.807) is 41.7 Å². The lowest BCUT2D eigenvalue weighted by atomic mass is 10.0. The summed E-state index contributed by atoms with van der Waals surface area (Å²) in [6.45, 7) is 0.611. The molecule has 7 nitrogen and oxygen atoms in total. The van der Waals surface area contributed by atoms with E-state index in [1.807, 2.05) is 30.5 Å². The number of rotatable bonds is 7. The Kier molecular flexibility index (Phi) is 6.65. The molecule has 0 atom stereocenters. The molecule has 164 valence electrons. The van der Waals surface area contributed by atoms with Gasteiger partial charge in [-0.3, -0.25) is 4.98 Å². The highest BCUT2D eigenvalue weighted by Gasteiger charge is 2.22. The first-order valence-electron chi connectivity index (χ1n) is 9.42. The fraction of sp³-hybridized carbons (Fsp3) is 0.261. The SMILES string of the molecule is COc1cc(CN2C=Cc3cc(OC)c(OC)c4nccc2c34)cc(OC)c1OC.Cl. The molecule has 0 N–H and O–H groups in total. The van der Waals surface area contributed by atoms with E-state index in [1.165, 1.54) is 0 Å². The first-order valence-corrected chi connectivity index (χ1v) is 9.42. The Morgan fingerprint density at radius 3 is 2.00 bits per heavy atom. The highest BCUT2D eigenvalue weighted by molar-refractivity contribution is 6.04. The van der Waals surface area contributed by atoms with Crippen LogP contribution in [0.4, 0.5) is 5.69 Å². The number of aromatic nitrogens is 1. The van der Waals surface area contributed by atoms with E-state index in [2.05, 4.69) is 16.0 Å². The highest BCUT2D eigenvalue weighted by Crippen LogP contribution is 2.44. The van der Waals surface area contributed by atoms with E-state index >= 15 is 0 Å². The predicted octanol–water partition coefficient (Wildman–Crippen LogP) is 4.69. The first-order chi connectivity index (χ1) is 14.6. The number of benzene rings is 2. The molecule has 0 aliphatic carbocycles. The number of nitrogens with zero attached hydrogens (tertiary/aromatic N) is 2. The average molecular weight is 445 g/mol. The van der Waals surface area contributed by atoms with Crippen LogP contribution in [0.15, 0.2) is 36.7 Å². The number of pyridine rings is 1. The molecular weight excluding hydrogens is 420 g/mol. The molecule has 2 heterocycles. The number of anilines is 1. The van der Waals surface area contributed by atoms with Crippen molar-refractivity contribution in [3.63, 3.8) is 0 Å². The Bertz CT molecular complexity index is 1110. The summed E-state index contributed by atoms with van der Waals surface area (Å²) in [6, 6.07) is 7.88. The number of ether oxygens (including phenoxy) is 5. The van der Waals surface area contributed by atoms with Crippen LogP contribution in [0.5, 0.6) is 28.7 Å². The molecule has 1 aromatic heterocycles. The molecular formula is C23H25ClN2O5. The van der Waals surface area contributed by atoms with Gasteiger partial charge in [-0.2, -0.15) is 0 Å². The third-order valence-electron chi connectivity index (χ3n) is 5.19. The van der Waals surface area contributed by atoms with Gasteiger partial charge in [0.1, 0.15) is 5.52 Å². The largest absolute Gasteiger partial charge is 0.493 e. The Morgan fingerprint density at radius 1 is 0.806 bits per heavy atom. The Hall–Kier alpha value is -3.32. The molecule has 0 saturated heterocycles. The number of methoxy groups -OCH3 is 5. The van der Waals surface area contributed by atoms with Crippen LogP contribution in [0.1, 0.15) is 11.1 Å². The second kappa shape index (κ2) is 9.22. The van der Waals surface area contributed by atoms with Gasteiger partial charge in [-0.15, -0.1) is 12.4 Å². The van der Waals surface area contributed by atoms with Crippen molar-refractivity contribution in [3.8, 4) is 28.7 Å². The molecule has 0 fully saturated rings. The summed E-state index contributed by atoms with van der Waals surface area (Å²) in [6.07, 6.45) is 5.88. The van der Waals surface area contributed by atoms with Crippen LogP contribution in [-0.2, 0) is 6.54 Å². The third kappa shape index (κ3) is 3.77. The van der Waals surface area contributed by atoms with Gasteiger partial charge in [0.05, 0.1) is 41.2 Å². The lowest BCUT2D eigenvalue weighted by Crippen LogP contribution is -2.18. The summed E-state index contributed by atoms with van der Waals surface area (Å²) in [5.41, 5.74) is 3.85. The van der Waals surface area contributed by atoms with E-state index < -0.39 is 0 Å². The first kappa shape index (κ1) is 22.4. The molecule has 2 aromatic carbocycles. The van der Waals surface area contributed by atoms with E-state index in [0.29, 0.717) is 35.3 Å². The normalized spacial score (nSPS) is 11.7. The van der Waals surface area contributed by atoms with Gasteiger partial charge >= 0.3 is 0 Å². The molecule has 8 heteroatoms. The van der Waals surface area contributed by atoms with Crippen molar-refractivity contribution in [2.45, 2.75) is 6.54 Å². The summed E-state index contributed by atoms with van der Waals surface area (Å²) in [7, 11) is 8.08. The van der Waals surface area contributed by atoms with Gasteiger partial charge in [0, 0.05) is 24.3 Å². The van der Waals surface area contributed by atoms with Crippen LogP contribution in [0.2, 0.25) is 0 Å². The van der Waals surface area contributed by atoms with Crippen molar-refractivity contribution in [2.24, 2.45) is 0 Å². The molecule has 0 unspecified atom stereocenters. The Labute approximate surface area is 187 Å². The van der Waals surface area contributed by atoms with Crippen molar-refractivity contribution in [1.82, 2.24) is 4.98 Å². The fourth-order valence-electron chi connectivity index (χ4n) is 3.84. The molecule has 4 rings (SSSR count). The minimum atomic E-state index is 0. The maximum atomic E-state index is 5.59. The minimum Gasteiger partial charge on any atom is -0.493 e. The van der Waals surface area contributed by atoms with Crippen LogP contribution < -0.4 is 28.6 Å². The number of halogens is 1. The molecule has 1 aliphatic heterocycles. The topological polar surface area (TPSA) is 62.3 Å². The van der Waals surface area contributed by atoms with Gasteiger partial charge in [0.2, 0.25) is 5.75 Å². The predicted molar refractivity (Wildman–Crippen MR) is 123 cm³/mol. The molecule has 0 bridgehead atoms. The molecule has 1 aliphatic rings. The van der Waals surface area contributed by atoms with Crippen LogP contribution in [0, 0.1) is 0 Å². The van der Waals surface area contributed by atoms with Crippen molar-refractivity contribution < 1.29 is 23.7 Å². The zero-order chi connectivity index (χ0) is 21.3. The Morgan fingerprint density at radius 2 is 1.42 bits per heavy atom. The standard InChI is InChI=1S/C23H24N2O5.ClH/c1-26-17-10-14(11-18(27-2)22(17)29-4)13-25-9-7-15-12-19(28-3)23(30-5)21-20(15)16(25)6-8-24-21;/h6-12H,13H2,1-5H3;1H.